The van der Waals surface area contributed by atoms with Gasteiger partial charge in [-0.2, -0.15) is 0 Å². The average Bonchev–Trinajstić information content (AvgIpc) is 2.96. The van der Waals surface area contributed by atoms with Crippen molar-refractivity contribution in [2.24, 2.45) is 5.92 Å². The summed E-state index contributed by atoms with van der Waals surface area (Å²) in [6.45, 7) is 5.05. The van der Waals surface area contributed by atoms with E-state index in [0.29, 0.717) is 18.1 Å². The highest BCUT2D eigenvalue weighted by Crippen LogP contribution is 2.32. The van der Waals surface area contributed by atoms with E-state index in [1.807, 2.05) is 6.07 Å². The summed E-state index contributed by atoms with van der Waals surface area (Å²) >= 11 is 8.37. The first kappa shape index (κ1) is 24.2. The van der Waals surface area contributed by atoms with Gasteiger partial charge < -0.3 is 4.74 Å². The summed E-state index contributed by atoms with van der Waals surface area (Å²) in [6, 6.07) is 1.83. The van der Waals surface area contributed by atoms with E-state index in [1.54, 1.807) is 0 Å². The van der Waals surface area contributed by atoms with Gasteiger partial charge in [-0.25, -0.2) is 4.79 Å². The predicted molar refractivity (Wildman–Crippen MR) is 120 cm³/mol. The van der Waals surface area contributed by atoms with Gasteiger partial charge in [-0.05, 0) is 56.7 Å². The molecule has 0 aliphatic carbocycles. The molecule has 0 fully saturated rings. The van der Waals surface area contributed by atoms with Crippen molar-refractivity contribution in [3.8, 4) is 0 Å². The van der Waals surface area contributed by atoms with Gasteiger partial charge in [0.05, 0.1) is 19.7 Å². The number of carbonyl (C=O) groups is 1. The second-order valence-corrected chi connectivity index (χ2v) is 10.9. The van der Waals surface area contributed by atoms with Crippen LogP contribution in [0.2, 0.25) is 0 Å². The van der Waals surface area contributed by atoms with E-state index in [9.17, 15) is 4.79 Å². The van der Waals surface area contributed by atoms with Gasteiger partial charge >= 0.3 is 5.97 Å². The van der Waals surface area contributed by atoms with E-state index in [2.05, 4.69) is 45.7 Å². The molecule has 150 valence electrons. The minimum atomic E-state index is -0.208. The Balaban J connectivity index is 2.39. The summed E-state index contributed by atoms with van der Waals surface area (Å²) in [5, 5.41) is 0. The maximum absolute atomic E-state index is 12.3. The highest BCUT2D eigenvalue weighted by Gasteiger charge is 2.17. The number of esters is 1. The Morgan fingerprint density at radius 3 is 2.04 bits per heavy atom. The normalized spacial score (nSPS) is 12.3. The molecule has 0 aliphatic rings. The maximum Gasteiger partial charge on any atom is 0.340 e. The zero-order chi connectivity index (χ0) is 19.2. The second-order valence-electron chi connectivity index (χ2n) is 7.11. The lowest BCUT2D eigenvalue weighted by atomic mass is 9.95. The van der Waals surface area contributed by atoms with Crippen LogP contribution in [0.3, 0.4) is 0 Å². The molecule has 0 radical (unpaired) electrons. The van der Waals surface area contributed by atoms with Crippen molar-refractivity contribution in [2.75, 3.05) is 6.61 Å². The molecular formula is C21H34Br2O2S. The lowest BCUT2D eigenvalue weighted by Crippen LogP contribution is -2.14. The SMILES string of the molecule is CCCCCCCCC(CCCCCC)COC(=O)c1cc(Br)sc1Br. The summed E-state index contributed by atoms with van der Waals surface area (Å²) in [4.78, 5) is 12.3. The van der Waals surface area contributed by atoms with Crippen LogP contribution in [0.4, 0.5) is 0 Å². The van der Waals surface area contributed by atoms with Crippen molar-refractivity contribution in [3.63, 3.8) is 0 Å². The number of rotatable bonds is 15. The molecule has 1 aromatic rings. The average molecular weight is 510 g/mol. The van der Waals surface area contributed by atoms with Gasteiger partial charge in [-0.1, -0.05) is 78.1 Å². The van der Waals surface area contributed by atoms with Crippen LogP contribution < -0.4 is 0 Å². The van der Waals surface area contributed by atoms with Crippen molar-refractivity contribution in [1.29, 1.82) is 0 Å². The van der Waals surface area contributed by atoms with Gasteiger partial charge in [0, 0.05) is 0 Å². The van der Waals surface area contributed by atoms with E-state index in [-0.39, 0.29) is 5.97 Å². The Kier molecular flexibility index (Phi) is 14.0. The predicted octanol–water partition coefficient (Wildman–Crippen LogP) is 8.77. The summed E-state index contributed by atoms with van der Waals surface area (Å²) < 4.78 is 7.44. The van der Waals surface area contributed by atoms with Crippen LogP contribution in [-0.4, -0.2) is 12.6 Å². The Morgan fingerprint density at radius 2 is 1.50 bits per heavy atom. The third-order valence-corrected chi connectivity index (χ3v) is 7.10. The molecule has 0 saturated heterocycles. The van der Waals surface area contributed by atoms with Crippen LogP contribution in [0, 0.1) is 5.92 Å². The molecule has 0 N–H and O–H groups in total. The molecule has 0 bridgehead atoms. The number of unbranched alkanes of at least 4 members (excludes halogenated alkanes) is 8. The van der Waals surface area contributed by atoms with Gasteiger partial charge in [0.2, 0.25) is 0 Å². The van der Waals surface area contributed by atoms with E-state index in [0.717, 1.165) is 7.57 Å². The van der Waals surface area contributed by atoms with Gasteiger partial charge in [-0.15, -0.1) is 11.3 Å². The Morgan fingerprint density at radius 1 is 0.962 bits per heavy atom. The van der Waals surface area contributed by atoms with Gasteiger partial charge in [0.15, 0.2) is 0 Å². The van der Waals surface area contributed by atoms with E-state index >= 15 is 0 Å². The highest BCUT2D eigenvalue weighted by atomic mass is 79.9. The van der Waals surface area contributed by atoms with E-state index in [4.69, 9.17) is 4.74 Å². The third kappa shape index (κ3) is 10.5. The monoisotopic (exact) mass is 508 g/mol. The van der Waals surface area contributed by atoms with Crippen LogP contribution >= 0.6 is 43.2 Å². The third-order valence-electron chi connectivity index (χ3n) is 4.76. The van der Waals surface area contributed by atoms with Crippen LogP contribution in [0.5, 0.6) is 0 Å². The zero-order valence-electron chi connectivity index (χ0n) is 16.3. The first-order valence-electron chi connectivity index (χ1n) is 10.2. The van der Waals surface area contributed by atoms with Crippen molar-refractivity contribution in [1.82, 2.24) is 0 Å². The molecule has 1 heterocycles. The van der Waals surface area contributed by atoms with Crippen molar-refractivity contribution < 1.29 is 9.53 Å². The van der Waals surface area contributed by atoms with E-state index in [1.165, 1.54) is 88.4 Å². The summed E-state index contributed by atoms with van der Waals surface area (Å²) in [6.07, 6.45) is 15.4. The van der Waals surface area contributed by atoms with Crippen LogP contribution in [0.1, 0.15) is 101 Å². The topological polar surface area (TPSA) is 26.3 Å². The zero-order valence-corrected chi connectivity index (χ0v) is 20.3. The fraction of sp³-hybridized carbons (Fsp3) is 0.762. The quantitative estimate of drug-likeness (QED) is 0.174. The minimum absolute atomic E-state index is 0.208. The van der Waals surface area contributed by atoms with Gasteiger partial charge in [0.25, 0.3) is 0 Å². The first-order valence-corrected chi connectivity index (χ1v) is 12.6. The number of halogens is 2. The molecular weight excluding hydrogens is 476 g/mol. The molecule has 0 saturated carbocycles. The highest BCUT2D eigenvalue weighted by molar-refractivity contribution is 9.12. The van der Waals surface area contributed by atoms with Crippen molar-refractivity contribution in [2.45, 2.75) is 90.9 Å². The summed E-state index contributed by atoms with van der Waals surface area (Å²) in [7, 11) is 0. The Bertz CT molecular complexity index is 502. The molecule has 0 amide bonds. The summed E-state index contributed by atoms with van der Waals surface area (Å²) in [5.41, 5.74) is 0.631. The number of carbonyl (C=O) groups excluding carboxylic acids is 1. The van der Waals surface area contributed by atoms with Crippen LogP contribution in [0.25, 0.3) is 0 Å². The molecule has 1 unspecified atom stereocenters. The molecule has 0 spiro atoms. The lowest BCUT2D eigenvalue weighted by molar-refractivity contribution is 0.0421. The Labute approximate surface area is 180 Å². The maximum atomic E-state index is 12.3. The second kappa shape index (κ2) is 15.1. The van der Waals surface area contributed by atoms with Crippen LogP contribution in [0.15, 0.2) is 13.6 Å². The molecule has 1 aromatic heterocycles. The molecule has 0 aliphatic heterocycles. The number of hydrogen-bond acceptors (Lipinski definition) is 3. The number of ether oxygens (including phenoxy) is 1. The van der Waals surface area contributed by atoms with Crippen molar-refractivity contribution in [3.05, 3.63) is 19.2 Å². The van der Waals surface area contributed by atoms with E-state index < -0.39 is 0 Å². The molecule has 2 nitrogen and oxygen atoms in total. The number of hydrogen-bond donors (Lipinski definition) is 0. The van der Waals surface area contributed by atoms with Gasteiger partial charge in [-0.3, -0.25) is 0 Å². The molecule has 1 rings (SSSR count). The molecule has 1 atom stereocenters. The van der Waals surface area contributed by atoms with Gasteiger partial charge in [0.1, 0.15) is 0 Å². The standard InChI is InChI=1S/C21H34Br2O2S/c1-3-5-7-9-10-12-14-17(13-11-8-6-4-2)16-25-21(24)18-15-19(22)26-20(18)23/h15,17H,3-14,16H2,1-2H3. The molecule has 5 heteroatoms. The lowest BCUT2D eigenvalue weighted by Gasteiger charge is -2.17. The first-order chi connectivity index (χ1) is 12.6. The Hall–Kier alpha value is 0.130. The van der Waals surface area contributed by atoms with Crippen LogP contribution in [-0.2, 0) is 4.74 Å². The summed E-state index contributed by atoms with van der Waals surface area (Å²) in [5.74, 6) is 0.295. The number of thiophene rings is 1. The largest absolute Gasteiger partial charge is 0.462 e. The minimum Gasteiger partial charge on any atom is -0.462 e. The fourth-order valence-electron chi connectivity index (χ4n) is 3.13. The molecule has 26 heavy (non-hydrogen) atoms. The molecule has 0 aromatic carbocycles. The fourth-order valence-corrected chi connectivity index (χ4v) is 5.90. The van der Waals surface area contributed by atoms with Crippen molar-refractivity contribution >= 4 is 49.2 Å². The smallest absolute Gasteiger partial charge is 0.340 e.